The fraction of sp³-hybridized carbons (Fsp3) is 0.500. The van der Waals surface area contributed by atoms with E-state index in [9.17, 15) is 17.6 Å². The van der Waals surface area contributed by atoms with Gasteiger partial charge in [-0.05, 0) is 5.56 Å². The van der Waals surface area contributed by atoms with Crippen LogP contribution in [0.15, 0.2) is 29.6 Å². The van der Waals surface area contributed by atoms with Crippen LogP contribution in [0, 0.1) is 0 Å². The topological polar surface area (TPSA) is 34.1 Å². The standard InChI is InChI=1S/C14H15ClF4N2O/c1-8(11-4-10(15)6-20-11)9-2-3-12(21-5-9)22-7-14(18,19)13(16)17/h2-3,5-6,8,11,13,20H,4,7H2,1H3. The number of nitrogens with one attached hydrogen (secondary N) is 1. The van der Waals surface area contributed by atoms with Gasteiger partial charge in [0.15, 0.2) is 6.61 Å². The number of ether oxygens (including phenoxy) is 1. The Kier molecular flexibility index (Phi) is 5.16. The summed E-state index contributed by atoms with van der Waals surface area (Å²) in [4.78, 5) is 3.87. The van der Waals surface area contributed by atoms with Crippen LogP contribution < -0.4 is 10.1 Å². The maximum Gasteiger partial charge on any atom is 0.340 e. The highest BCUT2D eigenvalue weighted by atomic mass is 35.5. The second kappa shape index (κ2) is 6.73. The summed E-state index contributed by atoms with van der Waals surface area (Å²) in [5.41, 5.74) is 0.866. The van der Waals surface area contributed by atoms with Gasteiger partial charge in [-0.15, -0.1) is 0 Å². The fourth-order valence-corrected chi connectivity index (χ4v) is 2.29. The van der Waals surface area contributed by atoms with Crippen LogP contribution in [0.5, 0.6) is 5.88 Å². The number of alkyl halides is 4. The van der Waals surface area contributed by atoms with Crippen molar-refractivity contribution in [1.82, 2.24) is 10.3 Å². The van der Waals surface area contributed by atoms with Gasteiger partial charge in [0.2, 0.25) is 5.88 Å². The minimum atomic E-state index is -4.19. The predicted octanol–water partition coefficient (Wildman–Crippen LogP) is 3.91. The number of hydrogen-bond acceptors (Lipinski definition) is 3. The van der Waals surface area contributed by atoms with Crippen LogP contribution in [0.25, 0.3) is 0 Å². The quantitative estimate of drug-likeness (QED) is 0.799. The molecule has 0 saturated heterocycles. The molecule has 0 bridgehead atoms. The van der Waals surface area contributed by atoms with Crippen LogP contribution >= 0.6 is 11.6 Å². The van der Waals surface area contributed by atoms with E-state index < -0.39 is 19.0 Å². The SMILES string of the molecule is CC(c1ccc(OCC(F)(F)C(F)F)nc1)C1CC(Cl)=CN1. The predicted molar refractivity (Wildman–Crippen MR) is 74.6 cm³/mol. The Morgan fingerprint density at radius 3 is 2.68 bits per heavy atom. The molecule has 1 N–H and O–H groups in total. The average Bonchev–Trinajstić information content (AvgIpc) is 2.91. The number of aromatic nitrogens is 1. The lowest BCUT2D eigenvalue weighted by Gasteiger charge is -2.20. The van der Waals surface area contributed by atoms with E-state index in [2.05, 4.69) is 15.0 Å². The van der Waals surface area contributed by atoms with Gasteiger partial charge in [0, 0.05) is 41.9 Å². The zero-order valence-electron chi connectivity index (χ0n) is 11.7. The van der Waals surface area contributed by atoms with E-state index in [1.54, 1.807) is 12.3 Å². The number of hydrogen-bond donors (Lipinski definition) is 1. The second-order valence-corrected chi connectivity index (χ2v) is 5.62. The highest BCUT2D eigenvalue weighted by Gasteiger charge is 2.41. The molecular weight excluding hydrogens is 324 g/mol. The molecule has 1 aliphatic rings. The van der Waals surface area contributed by atoms with Gasteiger partial charge in [-0.3, -0.25) is 0 Å². The van der Waals surface area contributed by atoms with Crippen LogP contribution in [0.2, 0.25) is 0 Å². The Bertz CT molecular complexity index is 536. The molecule has 2 atom stereocenters. The monoisotopic (exact) mass is 338 g/mol. The summed E-state index contributed by atoms with van der Waals surface area (Å²) < 4.78 is 54.2. The Hall–Kier alpha value is -1.50. The maximum absolute atomic E-state index is 12.8. The summed E-state index contributed by atoms with van der Waals surface area (Å²) in [6, 6.07) is 3.18. The number of nitrogens with zero attached hydrogens (tertiary/aromatic N) is 1. The molecule has 0 aromatic carbocycles. The molecule has 122 valence electrons. The molecular formula is C14H15ClF4N2O. The van der Waals surface area contributed by atoms with E-state index in [4.69, 9.17) is 11.6 Å². The van der Waals surface area contributed by atoms with Crippen LogP contribution in [0.3, 0.4) is 0 Å². The van der Waals surface area contributed by atoms with Gasteiger partial charge >= 0.3 is 12.3 Å². The normalized spacial score (nSPS) is 19.8. The molecule has 0 spiro atoms. The zero-order chi connectivity index (χ0) is 16.3. The summed E-state index contributed by atoms with van der Waals surface area (Å²) in [7, 11) is 0. The number of rotatable bonds is 6. The first kappa shape index (κ1) is 16.9. The van der Waals surface area contributed by atoms with Gasteiger partial charge in [-0.25, -0.2) is 13.8 Å². The van der Waals surface area contributed by atoms with E-state index in [-0.39, 0.29) is 17.8 Å². The molecule has 2 heterocycles. The van der Waals surface area contributed by atoms with Gasteiger partial charge < -0.3 is 10.1 Å². The summed E-state index contributed by atoms with van der Waals surface area (Å²) in [6.07, 6.45) is 0.147. The number of halogens is 5. The zero-order valence-corrected chi connectivity index (χ0v) is 12.5. The van der Waals surface area contributed by atoms with Gasteiger partial charge in [-0.1, -0.05) is 24.6 Å². The van der Waals surface area contributed by atoms with Crippen molar-refractivity contribution in [3.8, 4) is 5.88 Å². The summed E-state index contributed by atoms with van der Waals surface area (Å²) in [6.45, 7) is 0.569. The van der Waals surface area contributed by atoms with Crippen molar-refractivity contribution >= 4 is 11.6 Å². The summed E-state index contributed by atoms with van der Waals surface area (Å²) in [5, 5.41) is 3.88. The minimum absolute atomic E-state index is 0.0940. The largest absolute Gasteiger partial charge is 0.471 e. The fourth-order valence-electron chi connectivity index (χ4n) is 2.06. The Labute approximate surface area is 130 Å². The van der Waals surface area contributed by atoms with Gasteiger partial charge in [-0.2, -0.15) is 8.78 Å². The molecule has 2 rings (SSSR count). The second-order valence-electron chi connectivity index (χ2n) is 5.14. The first-order chi connectivity index (χ1) is 10.3. The van der Waals surface area contributed by atoms with Crippen LogP contribution in [-0.2, 0) is 0 Å². The molecule has 0 radical (unpaired) electrons. The van der Waals surface area contributed by atoms with E-state index in [1.807, 2.05) is 6.92 Å². The van der Waals surface area contributed by atoms with Crippen molar-refractivity contribution in [2.24, 2.45) is 0 Å². The van der Waals surface area contributed by atoms with E-state index in [0.29, 0.717) is 6.42 Å². The molecule has 1 aliphatic heterocycles. The Morgan fingerprint density at radius 2 is 2.18 bits per heavy atom. The van der Waals surface area contributed by atoms with Crippen LogP contribution in [0.1, 0.15) is 24.8 Å². The third kappa shape index (κ3) is 4.03. The molecule has 0 amide bonds. The highest BCUT2D eigenvalue weighted by molar-refractivity contribution is 6.29. The van der Waals surface area contributed by atoms with Crippen molar-refractivity contribution in [1.29, 1.82) is 0 Å². The van der Waals surface area contributed by atoms with E-state index in [0.717, 1.165) is 10.6 Å². The van der Waals surface area contributed by atoms with E-state index in [1.165, 1.54) is 12.3 Å². The van der Waals surface area contributed by atoms with Gasteiger partial charge in [0.1, 0.15) is 0 Å². The lowest BCUT2D eigenvalue weighted by Crippen LogP contribution is -2.33. The smallest absolute Gasteiger partial charge is 0.340 e. The van der Waals surface area contributed by atoms with E-state index >= 15 is 0 Å². The Morgan fingerprint density at radius 1 is 1.45 bits per heavy atom. The molecule has 1 aromatic rings. The first-order valence-corrected chi connectivity index (χ1v) is 7.02. The molecule has 0 fully saturated rings. The summed E-state index contributed by atoms with van der Waals surface area (Å²) in [5.74, 6) is -4.22. The molecule has 1 aromatic heterocycles. The Balaban J connectivity index is 1.93. The lowest BCUT2D eigenvalue weighted by molar-refractivity contribution is -0.148. The van der Waals surface area contributed by atoms with Crippen molar-refractivity contribution in [3.05, 3.63) is 35.1 Å². The molecule has 2 unspecified atom stereocenters. The molecule has 0 saturated carbocycles. The van der Waals surface area contributed by atoms with Crippen molar-refractivity contribution in [3.63, 3.8) is 0 Å². The third-order valence-corrected chi connectivity index (χ3v) is 3.75. The van der Waals surface area contributed by atoms with Crippen LogP contribution in [0.4, 0.5) is 17.6 Å². The van der Waals surface area contributed by atoms with Crippen molar-refractivity contribution < 1.29 is 22.3 Å². The molecule has 0 aliphatic carbocycles. The van der Waals surface area contributed by atoms with Gasteiger partial charge in [0.05, 0.1) is 0 Å². The minimum Gasteiger partial charge on any atom is -0.471 e. The lowest BCUT2D eigenvalue weighted by atomic mass is 9.94. The highest BCUT2D eigenvalue weighted by Crippen LogP contribution is 2.29. The average molecular weight is 339 g/mol. The first-order valence-electron chi connectivity index (χ1n) is 6.65. The van der Waals surface area contributed by atoms with Gasteiger partial charge in [0.25, 0.3) is 0 Å². The molecule has 8 heteroatoms. The summed E-state index contributed by atoms with van der Waals surface area (Å²) >= 11 is 5.90. The maximum atomic E-state index is 12.8. The number of pyridine rings is 1. The van der Waals surface area contributed by atoms with Crippen LogP contribution in [-0.4, -0.2) is 30.0 Å². The third-order valence-electron chi connectivity index (χ3n) is 3.49. The molecule has 22 heavy (non-hydrogen) atoms. The van der Waals surface area contributed by atoms with Crippen molar-refractivity contribution in [2.75, 3.05) is 6.61 Å². The van der Waals surface area contributed by atoms with Crippen molar-refractivity contribution in [2.45, 2.75) is 37.7 Å². The molecule has 3 nitrogen and oxygen atoms in total.